The number of nitrogens with two attached hydrogens (primary N) is 1. The van der Waals surface area contributed by atoms with Crippen molar-refractivity contribution in [3.63, 3.8) is 0 Å². The van der Waals surface area contributed by atoms with Gasteiger partial charge in [-0.1, -0.05) is 17.7 Å². The molecular formula is C23H23ClN6O3. The number of amides is 1. The van der Waals surface area contributed by atoms with Crippen LogP contribution in [0.5, 0.6) is 0 Å². The van der Waals surface area contributed by atoms with Gasteiger partial charge in [0.05, 0.1) is 11.4 Å². The van der Waals surface area contributed by atoms with Crippen LogP contribution < -0.4 is 16.3 Å². The van der Waals surface area contributed by atoms with Gasteiger partial charge in [0.2, 0.25) is 0 Å². The molecule has 0 bridgehead atoms. The van der Waals surface area contributed by atoms with E-state index in [1.807, 2.05) is 0 Å². The number of hydrogen-bond donors (Lipinski definition) is 1. The first-order chi connectivity index (χ1) is 15.6. The molecule has 0 unspecified atom stereocenters. The zero-order valence-electron chi connectivity index (χ0n) is 18.6. The molecule has 2 heterocycles. The minimum atomic E-state index is -0.639. The molecule has 0 aliphatic heterocycles. The number of carbonyl (C=O) groups is 1. The predicted octanol–water partition coefficient (Wildman–Crippen LogP) is 4.18. The number of fused-ring (bicyclic) bond motifs is 1. The van der Waals surface area contributed by atoms with Crippen LogP contribution in [0.25, 0.3) is 22.5 Å². The lowest BCUT2D eigenvalue weighted by molar-refractivity contribution is 0.0589. The van der Waals surface area contributed by atoms with Gasteiger partial charge in [0.15, 0.2) is 11.5 Å². The highest BCUT2D eigenvalue weighted by Crippen LogP contribution is 2.26. The van der Waals surface area contributed by atoms with Crippen molar-refractivity contribution in [2.45, 2.75) is 26.4 Å². The van der Waals surface area contributed by atoms with E-state index in [-0.39, 0.29) is 5.82 Å². The number of carbonyl (C=O) groups excluding carboxylic acids is 1. The summed E-state index contributed by atoms with van der Waals surface area (Å²) >= 11 is 6.02. The van der Waals surface area contributed by atoms with Crippen LogP contribution in [0.4, 0.5) is 16.3 Å². The van der Waals surface area contributed by atoms with Crippen molar-refractivity contribution in [3.8, 4) is 11.4 Å². The maximum atomic E-state index is 13.6. The van der Waals surface area contributed by atoms with Crippen LogP contribution >= 0.6 is 11.6 Å². The molecule has 4 aromatic rings. The van der Waals surface area contributed by atoms with E-state index in [1.165, 1.54) is 20.4 Å². The van der Waals surface area contributed by atoms with Crippen molar-refractivity contribution < 1.29 is 9.53 Å². The summed E-state index contributed by atoms with van der Waals surface area (Å²) in [7, 11) is 1.60. The van der Waals surface area contributed by atoms with Crippen molar-refractivity contribution in [2.24, 2.45) is 0 Å². The fourth-order valence-electron chi connectivity index (χ4n) is 3.39. The third-order valence-electron chi connectivity index (χ3n) is 4.88. The van der Waals surface area contributed by atoms with Crippen LogP contribution in [-0.4, -0.2) is 37.8 Å². The summed E-state index contributed by atoms with van der Waals surface area (Å²) in [4.78, 5) is 35.9. The number of hydrogen-bond acceptors (Lipinski definition) is 6. The molecule has 0 saturated heterocycles. The molecule has 1 amide bonds. The Kier molecular flexibility index (Phi) is 5.59. The molecule has 0 saturated carbocycles. The smallest absolute Gasteiger partial charge is 0.414 e. The van der Waals surface area contributed by atoms with Crippen LogP contribution in [0.2, 0.25) is 5.02 Å². The Morgan fingerprint density at radius 3 is 2.42 bits per heavy atom. The van der Waals surface area contributed by atoms with E-state index >= 15 is 0 Å². The Hall–Kier alpha value is -3.85. The molecule has 0 spiro atoms. The number of imidazole rings is 1. The number of rotatable bonds is 3. The highest BCUT2D eigenvalue weighted by molar-refractivity contribution is 6.30. The summed E-state index contributed by atoms with van der Waals surface area (Å²) in [5.74, 6) is 0.160. The number of ether oxygens (including phenoxy) is 1. The van der Waals surface area contributed by atoms with Gasteiger partial charge < -0.3 is 10.5 Å². The topological polar surface area (TPSA) is 108 Å². The lowest BCUT2D eigenvalue weighted by atomic mass is 10.2. The third-order valence-corrected chi connectivity index (χ3v) is 5.13. The standard InChI is InChI=1S/C23H23ClN6O3/c1-23(2,3)33-22(32)28(4)16-6-5-7-17(12-16)30-20-18(19(25)26-13-27-20)29(21(30)31)15-10-8-14(24)9-11-15/h5-13H,1-4H3,(H2,25,26,27). The van der Waals surface area contributed by atoms with Crippen LogP contribution in [-0.2, 0) is 4.74 Å². The number of halogens is 1. The fraction of sp³-hybridized carbons (Fsp3) is 0.217. The van der Waals surface area contributed by atoms with Gasteiger partial charge in [0.25, 0.3) is 0 Å². The van der Waals surface area contributed by atoms with E-state index in [4.69, 9.17) is 22.1 Å². The Morgan fingerprint density at radius 2 is 1.76 bits per heavy atom. The highest BCUT2D eigenvalue weighted by Gasteiger charge is 2.23. The highest BCUT2D eigenvalue weighted by atomic mass is 35.5. The van der Waals surface area contributed by atoms with Crippen molar-refractivity contribution in [2.75, 3.05) is 17.7 Å². The summed E-state index contributed by atoms with van der Waals surface area (Å²) in [5, 5.41) is 0.539. The van der Waals surface area contributed by atoms with E-state index in [1.54, 1.807) is 76.3 Å². The van der Waals surface area contributed by atoms with E-state index in [0.717, 1.165) is 0 Å². The van der Waals surface area contributed by atoms with Gasteiger partial charge in [-0.2, -0.15) is 0 Å². The molecule has 2 aromatic heterocycles. The Balaban J connectivity index is 1.88. The quantitative estimate of drug-likeness (QED) is 0.485. The Bertz CT molecular complexity index is 1400. The van der Waals surface area contributed by atoms with Gasteiger partial charge >= 0.3 is 11.8 Å². The second kappa shape index (κ2) is 8.25. The normalized spacial score (nSPS) is 11.5. The van der Waals surface area contributed by atoms with Gasteiger partial charge in [-0.25, -0.2) is 24.1 Å². The zero-order chi connectivity index (χ0) is 23.9. The number of benzene rings is 2. The first kappa shape index (κ1) is 22.3. The minimum absolute atomic E-state index is 0.160. The van der Waals surface area contributed by atoms with Crippen molar-refractivity contribution in [3.05, 3.63) is 70.4 Å². The van der Waals surface area contributed by atoms with Crippen LogP contribution in [0.3, 0.4) is 0 Å². The summed E-state index contributed by atoms with van der Waals surface area (Å²) < 4.78 is 8.31. The molecule has 0 atom stereocenters. The first-order valence-corrected chi connectivity index (χ1v) is 10.5. The second-order valence-electron chi connectivity index (χ2n) is 8.42. The molecule has 10 heteroatoms. The molecule has 0 fully saturated rings. The van der Waals surface area contributed by atoms with E-state index < -0.39 is 17.4 Å². The molecule has 0 aliphatic rings. The summed E-state index contributed by atoms with van der Waals surface area (Å²) in [6.45, 7) is 5.39. The molecule has 9 nitrogen and oxygen atoms in total. The zero-order valence-corrected chi connectivity index (χ0v) is 19.4. The number of aromatic nitrogens is 4. The van der Waals surface area contributed by atoms with Crippen molar-refractivity contribution in [1.29, 1.82) is 0 Å². The van der Waals surface area contributed by atoms with E-state index in [9.17, 15) is 9.59 Å². The molecule has 0 radical (unpaired) electrons. The lowest BCUT2D eigenvalue weighted by Gasteiger charge is -2.25. The van der Waals surface area contributed by atoms with Gasteiger partial charge in [0, 0.05) is 17.8 Å². The maximum Gasteiger partial charge on any atom is 0.414 e. The average molecular weight is 467 g/mol. The predicted molar refractivity (Wildman–Crippen MR) is 129 cm³/mol. The van der Waals surface area contributed by atoms with E-state index in [0.29, 0.717) is 33.2 Å². The van der Waals surface area contributed by atoms with Gasteiger partial charge in [0.1, 0.15) is 17.4 Å². The average Bonchev–Trinajstić information content (AvgIpc) is 3.06. The Labute approximate surface area is 195 Å². The fourth-order valence-corrected chi connectivity index (χ4v) is 3.51. The van der Waals surface area contributed by atoms with Crippen molar-refractivity contribution >= 4 is 40.4 Å². The van der Waals surface area contributed by atoms with Crippen molar-refractivity contribution in [1.82, 2.24) is 19.1 Å². The summed E-state index contributed by atoms with van der Waals surface area (Å²) in [5.41, 5.74) is 7.43. The molecule has 33 heavy (non-hydrogen) atoms. The largest absolute Gasteiger partial charge is 0.443 e. The molecular weight excluding hydrogens is 444 g/mol. The Morgan fingerprint density at radius 1 is 1.06 bits per heavy atom. The number of nitrogen functional groups attached to an aromatic ring is 1. The molecule has 170 valence electrons. The minimum Gasteiger partial charge on any atom is -0.443 e. The van der Waals surface area contributed by atoms with Crippen LogP contribution in [0, 0.1) is 0 Å². The molecule has 4 rings (SSSR count). The van der Waals surface area contributed by atoms with Crippen LogP contribution in [0.1, 0.15) is 20.8 Å². The first-order valence-electron chi connectivity index (χ1n) is 10.1. The molecule has 0 aliphatic carbocycles. The maximum absolute atomic E-state index is 13.6. The number of anilines is 2. The monoisotopic (exact) mass is 466 g/mol. The SMILES string of the molecule is CN(C(=O)OC(C)(C)C)c1cccc(-n2c(=O)n(-c3ccc(Cl)cc3)c3c(N)ncnc32)c1. The van der Waals surface area contributed by atoms with Gasteiger partial charge in [-0.05, 0) is 63.2 Å². The van der Waals surface area contributed by atoms with Crippen LogP contribution in [0.15, 0.2) is 59.7 Å². The second-order valence-corrected chi connectivity index (χ2v) is 8.86. The lowest BCUT2D eigenvalue weighted by Crippen LogP contribution is -2.34. The van der Waals surface area contributed by atoms with Gasteiger partial charge in [-0.3, -0.25) is 9.47 Å². The molecule has 2 aromatic carbocycles. The summed E-state index contributed by atoms with van der Waals surface area (Å²) in [6.07, 6.45) is 0.790. The van der Waals surface area contributed by atoms with E-state index in [2.05, 4.69) is 9.97 Å². The summed E-state index contributed by atoms with van der Waals surface area (Å²) in [6, 6.07) is 13.7. The molecule has 2 N–H and O–H groups in total. The number of nitrogens with zero attached hydrogens (tertiary/aromatic N) is 5. The van der Waals surface area contributed by atoms with Gasteiger partial charge in [-0.15, -0.1) is 0 Å². The third kappa shape index (κ3) is 4.27.